The van der Waals surface area contributed by atoms with Crippen molar-refractivity contribution in [3.05, 3.63) is 29.8 Å². The number of hydrogen-bond acceptors (Lipinski definition) is 4. The van der Waals surface area contributed by atoms with Crippen molar-refractivity contribution in [1.82, 2.24) is 14.5 Å². The van der Waals surface area contributed by atoms with Crippen molar-refractivity contribution in [2.45, 2.75) is 37.6 Å². The molecule has 0 unspecified atom stereocenters. The minimum Gasteiger partial charge on any atom is -0.339 e. The molecule has 7 heteroatoms. The van der Waals surface area contributed by atoms with Crippen molar-refractivity contribution in [2.24, 2.45) is 0 Å². The SMILES string of the molecule is CCN(CC)S(=O)(=O)c1cccc(C(=O)N2CCC(NC)CC2)c1. The summed E-state index contributed by atoms with van der Waals surface area (Å²) in [6, 6.07) is 6.83. The van der Waals surface area contributed by atoms with Gasteiger partial charge in [-0.15, -0.1) is 0 Å². The molecule has 0 aromatic heterocycles. The Labute approximate surface area is 144 Å². The largest absolute Gasteiger partial charge is 0.339 e. The van der Waals surface area contributed by atoms with Gasteiger partial charge in [0, 0.05) is 37.8 Å². The van der Waals surface area contributed by atoms with Gasteiger partial charge >= 0.3 is 0 Å². The zero-order chi connectivity index (χ0) is 17.7. The van der Waals surface area contributed by atoms with Gasteiger partial charge in [0.15, 0.2) is 0 Å². The normalized spacial score (nSPS) is 16.6. The maximum atomic E-state index is 12.7. The number of sulfonamides is 1. The van der Waals surface area contributed by atoms with Crippen LogP contribution in [0.4, 0.5) is 0 Å². The molecule has 0 spiro atoms. The number of nitrogens with zero attached hydrogens (tertiary/aromatic N) is 2. The van der Waals surface area contributed by atoms with E-state index in [4.69, 9.17) is 0 Å². The van der Waals surface area contributed by atoms with Crippen molar-refractivity contribution in [3.63, 3.8) is 0 Å². The van der Waals surface area contributed by atoms with Crippen molar-refractivity contribution in [1.29, 1.82) is 0 Å². The molecule has 1 aromatic rings. The van der Waals surface area contributed by atoms with Crippen molar-refractivity contribution in [2.75, 3.05) is 33.2 Å². The molecular weight excluding hydrogens is 326 g/mol. The van der Waals surface area contributed by atoms with Crippen LogP contribution in [0.1, 0.15) is 37.0 Å². The Bertz CT molecular complexity index is 663. The van der Waals surface area contributed by atoms with Gasteiger partial charge in [-0.2, -0.15) is 4.31 Å². The van der Waals surface area contributed by atoms with E-state index in [0.717, 1.165) is 12.8 Å². The topological polar surface area (TPSA) is 69.7 Å². The Hall–Kier alpha value is -1.44. The maximum absolute atomic E-state index is 12.7. The molecule has 1 amide bonds. The molecule has 0 radical (unpaired) electrons. The van der Waals surface area contributed by atoms with Crippen LogP contribution >= 0.6 is 0 Å². The average molecular weight is 353 g/mol. The molecule has 1 aromatic carbocycles. The van der Waals surface area contributed by atoms with E-state index in [0.29, 0.717) is 37.8 Å². The summed E-state index contributed by atoms with van der Waals surface area (Å²) in [5, 5.41) is 3.23. The fourth-order valence-electron chi connectivity index (χ4n) is 3.06. The fourth-order valence-corrected chi connectivity index (χ4v) is 4.56. The molecule has 6 nitrogen and oxygen atoms in total. The third kappa shape index (κ3) is 3.96. The first-order chi connectivity index (χ1) is 11.4. The Morgan fingerprint density at radius 1 is 1.25 bits per heavy atom. The van der Waals surface area contributed by atoms with Gasteiger partial charge in [-0.05, 0) is 38.1 Å². The van der Waals surface area contributed by atoms with Gasteiger partial charge in [0.25, 0.3) is 5.91 Å². The maximum Gasteiger partial charge on any atom is 0.253 e. The lowest BCUT2D eigenvalue weighted by atomic mass is 10.0. The van der Waals surface area contributed by atoms with Crippen molar-refractivity contribution in [3.8, 4) is 0 Å². The molecule has 2 rings (SSSR count). The van der Waals surface area contributed by atoms with E-state index in [9.17, 15) is 13.2 Å². The monoisotopic (exact) mass is 353 g/mol. The lowest BCUT2D eigenvalue weighted by Gasteiger charge is -2.32. The van der Waals surface area contributed by atoms with Gasteiger partial charge in [0.05, 0.1) is 4.90 Å². The quantitative estimate of drug-likeness (QED) is 0.842. The lowest BCUT2D eigenvalue weighted by Crippen LogP contribution is -2.44. The summed E-state index contributed by atoms with van der Waals surface area (Å²) in [6.07, 6.45) is 1.83. The lowest BCUT2D eigenvalue weighted by molar-refractivity contribution is 0.0707. The Morgan fingerprint density at radius 2 is 1.88 bits per heavy atom. The number of carbonyl (C=O) groups is 1. The molecule has 24 heavy (non-hydrogen) atoms. The van der Waals surface area contributed by atoms with Crippen LogP contribution < -0.4 is 5.32 Å². The van der Waals surface area contributed by atoms with E-state index in [1.165, 1.54) is 10.4 Å². The molecule has 0 atom stereocenters. The van der Waals surface area contributed by atoms with Crippen LogP contribution in [0.25, 0.3) is 0 Å². The summed E-state index contributed by atoms with van der Waals surface area (Å²) in [4.78, 5) is 14.7. The zero-order valence-electron chi connectivity index (χ0n) is 14.7. The third-order valence-corrected chi connectivity index (χ3v) is 6.66. The first-order valence-electron chi connectivity index (χ1n) is 8.50. The average Bonchev–Trinajstić information content (AvgIpc) is 2.62. The van der Waals surface area contributed by atoms with Crippen LogP contribution in [0, 0.1) is 0 Å². The predicted octanol–water partition coefficient (Wildman–Crippen LogP) is 1.54. The van der Waals surface area contributed by atoms with Crippen LogP contribution in [0.15, 0.2) is 29.2 Å². The first-order valence-corrected chi connectivity index (χ1v) is 9.94. The second-order valence-corrected chi connectivity index (χ2v) is 7.91. The summed E-state index contributed by atoms with van der Waals surface area (Å²) in [7, 11) is -1.61. The van der Waals surface area contributed by atoms with Crippen LogP contribution in [0.2, 0.25) is 0 Å². The number of hydrogen-bond donors (Lipinski definition) is 1. The van der Waals surface area contributed by atoms with Gasteiger partial charge < -0.3 is 10.2 Å². The second kappa shape index (κ2) is 8.09. The number of likely N-dealkylation sites (tertiary alicyclic amines) is 1. The molecule has 0 aliphatic carbocycles. The zero-order valence-corrected chi connectivity index (χ0v) is 15.5. The molecule has 1 aliphatic heterocycles. The molecule has 1 saturated heterocycles. The van der Waals surface area contributed by atoms with Crippen LogP contribution in [-0.2, 0) is 10.0 Å². The summed E-state index contributed by atoms with van der Waals surface area (Å²) >= 11 is 0. The van der Waals surface area contributed by atoms with Crippen LogP contribution in [0.5, 0.6) is 0 Å². The van der Waals surface area contributed by atoms with Crippen molar-refractivity contribution < 1.29 is 13.2 Å². The van der Waals surface area contributed by atoms with Gasteiger partial charge in [0.1, 0.15) is 0 Å². The van der Waals surface area contributed by atoms with E-state index in [-0.39, 0.29) is 10.8 Å². The molecule has 0 bridgehead atoms. The highest BCUT2D eigenvalue weighted by Crippen LogP contribution is 2.19. The van der Waals surface area contributed by atoms with E-state index >= 15 is 0 Å². The minimum absolute atomic E-state index is 0.0962. The Balaban J connectivity index is 2.20. The number of piperidine rings is 1. The number of benzene rings is 1. The molecule has 1 N–H and O–H groups in total. The molecule has 134 valence electrons. The Kier molecular flexibility index (Phi) is 6.37. The van der Waals surface area contributed by atoms with Gasteiger partial charge in [-0.1, -0.05) is 19.9 Å². The van der Waals surface area contributed by atoms with E-state index in [2.05, 4.69) is 5.32 Å². The second-order valence-electron chi connectivity index (χ2n) is 5.97. The summed E-state index contributed by atoms with van der Waals surface area (Å²) in [6.45, 7) is 5.82. The van der Waals surface area contributed by atoms with Gasteiger partial charge in [-0.3, -0.25) is 4.79 Å². The standard InChI is InChI=1S/C17H27N3O3S/c1-4-20(5-2)24(22,23)16-8-6-7-14(13-16)17(21)19-11-9-15(18-3)10-12-19/h6-8,13,15,18H,4-5,9-12H2,1-3H3. The number of nitrogens with one attached hydrogen (secondary N) is 1. The smallest absolute Gasteiger partial charge is 0.253 e. The molecular formula is C17H27N3O3S. The number of amides is 1. The summed E-state index contributed by atoms with van der Waals surface area (Å²) < 4.78 is 26.6. The van der Waals surface area contributed by atoms with E-state index in [1.807, 2.05) is 20.9 Å². The molecule has 0 saturated carbocycles. The van der Waals surface area contributed by atoms with E-state index in [1.54, 1.807) is 23.1 Å². The third-order valence-electron chi connectivity index (χ3n) is 4.61. The first kappa shape index (κ1) is 18.9. The molecule has 1 aliphatic rings. The highest BCUT2D eigenvalue weighted by atomic mass is 32.2. The summed E-state index contributed by atoms with van der Waals surface area (Å²) in [5.41, 5.74) is 0.436. The highest BCUT2D eigenvalue weighted by Gasteiger charge is 2.25. The number of rotatable bonds is 6. The van der Waals surface area contributed by atoms with Gasteiger partial charge in [0.2, 0.25) is 10.0 Å². The molecule has 1 fully saturated rings. The van der Waals surface area contributed by atoms with E-state index < -0.39 is 10.0 Å². The van der Waals surface area contributed by atoms with Crippen LogP contribution in [-0.4, -0.2) is 62.8 Å². The van der Waals surface area contributed by atoms with Gasteiger partial charge in [-0.25, -0.2) is 8.42 Å². The van der Waals surface area contributed by atoms with Crippen molar-refractivity contribution >= 4 is 15.9 Å². The predicted molar refractivity (Wildman–Crippen MR) is 94.5 cm³/mol. The summed E-state index contributed by atoms with van der Waals surface area (Å²) in [5.74, 6) is -0.0962. The Morgan fingerprint density at radius 3 is 2.42 bits per heavy atom. The minimum atomic E-state index is -3.55. The fraction of sp³-hybridized carbons (Fsp3) is 0.588. The highest BCUT2D eigenvalue weighted by molar-refractivity contribution is 7.89. The number of carbonyl (C=O) groups excluding carboxylic acids is 1. The molecule has 1 heterocycles. The van der Waals surface area contributed by atoms with Crippen LogP contribution in [0.3, 0.4) is 0 Å².